The van der Waals surface area contributed by atoms with Crippen LogP contribution in [-0.2, 0) is 4.79 Å². The number of rotatable bonds is 5. The largest absolute Gasteiger partial charge is 0.353 e. The maximum atomic E-state index is 12.4. The van der Waals surface area contributed by atoms with Crippen LogP contribution in [-0.4, -0.2) is 37.3 Å². The molecule has 2 heterocycles. The number of thioether (sulfide) groups is 1. The molecule has 6 nitrogen and oxygen atoms in total. The molecular formula is C20H25N5OS. The molecule has 1 aliphatic carbocycles. The Bertz CT molecular complexity index is 962. The second kappa shape index (κ2) is 7.84. The van der Waals surface area contributed by atoms with E-state index in [1.54, 1.807) is 0 Å². The SMILES string of the molecule is CC(C)c1nc2ccccc2c2nnc(SCC(=O)NC3CCCCC3)n12. The number of carbonyl (C=O) groups is 1. The molecular weight excluding hydrogens is 358 g/mol. The monoisotopic (exact) mass is 383 g/mol. The standard InChI is InChI=1S/C20H25N5OS/c1-13(2)18-22-16-11-7-6-10-15(16)19-23-24-20(25(18)19)27-12-17(26)21-14-8-4-3-5-9-14/h6-7,10-11,13-14H,3-5,8-9,12H2,1-2H3,(H,21,26). The summed E-state index contributed by atoms with van der Waals surface area (Å²) >= 11 is 1.43. The molecule has 1 aliphatic rings. The van der Waals surface area contributed by atoms with Crippen LogP contribution < -0.4 is 5.32 Å². The van der Waals surface area contributed by atoms with Gasteiger partial charge in [-0.05, 0) is 25.0 Å². The number of amides is 1. The molecule has 1 amide bonds. The van der Waals surface area contributed by atoms with Gasteiger partial charge in [0.25, 0.3) is 0 Å². The molecule has 0 atom stereocenters. The molecule has 142 valence electrons. The van der Waals surface area contributed by atoms with Crippen molar-refractivity contribution in [2.45, 2.75) is 63.1 Å². The fourth-order valence-electron chi connectivity index (χ4n) is 3.71. The first-order valence-electron chi connectivity index (χ1n) is 9.69. The van der Waals surface area contributed by atoms with Crippen LogP contribution in [0.2, 0.25) is 0 Å². The van der Waals surface area contributed by atoms with Gasteiger partial charge in [-0.1, -0.05) is 57.0 Å². The maximum absolute atomic E-state index is 12.4. The zero-order valence-corrected chi connectivity index (χ0v) is 16.6. The minimum absolute atomic E-state index is 0.0727. The topological polar surface area (TPSA) is 72.2 Å². The third kappa shape index (κ3) is 3.78. The molecule has 2 aromatic heterocycles. The Labute approximate surface area is 163 Å². The average molecular weight is 384 g/mol. The Balaban J connectivity index is 1.58. The summed E-state index contributed by atoms with van der Waals surface area (Å²) in [5.74, 6) is 1.57. The van der Waals surface area contributed by atoms with Gasteiger partial charge in [-0.15, -0.1) is 10.2 Å². The van der Waals surface area contributed by atoms with Gasteiger partial charge in [0.05, 0.1) is 11.3 Å². The van der Waals surface area contributed by atoms with Crippen molar-refractivity contribution < 1.29 is 4.79 Å². The molecule has 1 fully saturated rings. The van der Waals surface area contributed by atoms with Crippen molar-refractivity contribution in [2.24, 2.45) is 0 Å². The average Bonchev–Trinajstić information content (AvgIpc) is 3.11. The summed E-state index contributed by atoms with van der Waals surface area (Å²) in [5, 5.41) is 13.6. The van der Waals surface area contributed by atoms with E-state index in [4.69, 9.17) is 4.98 Å². The van der Waals surface area contributed by atoms with Crippen molar-refractivity contribution in [1.82, 2.24) is 24.9 Å². The van der Waals surface area contributed by atoms with Crippen LogP contribution in [0.5, 0.6) is 0 Å². The molecule has 27 heavy (non-hydrogen) atoms. The summed E-state index contributed by atoms with van der Waals surface area (Å²) in [6.45, 7) is 4.22. The lowest BCUT2D eigenvalue weighted by atomic mass is 9.95. The molecule has 7 heteroatoms. The Morgan fingerprint density at radius 2 is 2.00 bits per heavy atom. The van der Waals surface area contributed by atoms with E-state index in [0.29, 0.717) is 11.8 Å². The van der Waals surface area contributed by atoms with Crippen LogP contribution in [0.3, 0.4) is 0 Å². The van der Waals surface area contributed by atoms with Crippen molar-refractivity contribution in [2.75, 3.05) is 5.75 Å². The fourth-order valence-corrected chi connectivity index (χ4v) is 4.46. The van der Waals surface area contributed by atoms with E-state index in [1.807, 2.05) is 28.7 Å². The highest BCUT2D eigenvalue weighted by Crippen LogP contribution is 2.27. The molecule has 0 radical (unpaired) electrons. The van der Waals surface area contributed by atoms with E-state index in [2.05, 4.69) is 29.4 Å². The Kier molecular flexibility index (Phi) is 5.29. The number of aromatic nitrogens is 4. The minimum atomic E-state index is 0.0727. The van der Waals surface area contributed by atoms with Crippen LogP contribution >= 0.6 is 11.8 Å². The van der Waals surface area contributed by atoms with E-state index in [9.17, 15) is 4.79 Å². The fraction of sp³-hybridized carbons (Fsp3) is 0.500. The Morgan fingerprint density at radius 3 is 2.78 bits per heavy atom. The molecule has 0 unspecified atom stereocenters. The summed E-state index contributed by atoms with van der Waals surface area (Å²) in [7, 11) is 0. The Hall–Kier alpha value is -2.15. The predicted molar refractivity (Wildman–Crippen MR) is 108 cm³/mol. The number of hydrogen-bond donors (Lipinski definition) is 1. The van der Waals surface area contributed by atoms with Crippen molar-refractivity contribution in [3.05, 3.63) is 30.1 Å². The molecule has 1 aromatic carbocycles. The van der Waals surface area contributed by atoms with E-state index < -0.39 is 0 Å². The molecule has 4 rings (SSSR count). The van der Waals surface area contributed by atoms with E-state index in [0.717, 1.165) is 40.4 Å². The number of carbonyl (C=O) groups excluding carboxylic acids is 1. The second-order valence-corrected chi connectivity index (χ2v) is 8.42. The van der Waals surface area contributed by atoms with Gasteiger partial charge in [0.15, 0.2) is 10.8 Å². The van der Waals surface area contributed by atoms with Crippen molar-refractivity contribution in [1.29, 1.82) is 0 Å². The van der Waals surface area contributed by atoms with Gasteiger partial charge in [-0.3, -0.25) is 9.20 Å². The van der Waals surface area contributed by atoms with Gasteiger partial charge in [0.2, 0.25) is 5.91 Å². The third-order valence-corrected chi connectivity index (χ3v) is 5.99. The summed E-state index contributed by atoms with van der Waals surface area (Å²) in [4.78, 5) is 17.2. The zero-order valence-electron chi connectivity index (χ0n) is 15.8. The highest BCUT2D eigenvalue weighted by Gasteiger charge is 2.19. The van der Waals surface area contributed by atoms with E-state index in [-0.39, 0.29) is 11.8 Å². The molecule has 1 saturated carbocycles. The minimum Gasteiger partial charge on any atom is -0.353 e. The van der Waals surface area contributed by atoms with Crippen LogP contribution in [0.1, 0.15) is 57.7 Å². The first-order valence-corrected chi connectivity index (χ1v) is 10.7. The first kappa shape index (κ1) is 18.2. The van der Waals surface area contributed by atoms with Gasteiger partial charge in [0, 0.05) is 17.3 Å². The van der Waals surface area contributed by atoms with Gasteiger partial charge >= 0.3 is 0 Å². The number of hydrogen-bond acceptors (Lipinski definition) is 5. The van der Waals surface area contributed by atoms with Gasteiger partial charge in [-0.25, -0.2) is 4.98 Å². The highest BCUT2D eigenvalue weighted by atomic mass is 32.2. The predicted octanol–water partition coefficient (Wildman–Crippen LogP) is 3.94. The number of para-hydroxylation sites is 1. The summed E-state index contributed by atoms with van der Waals surface area (Å²) < 4.78 is 2.01. The maximum Gasteiger partial charge on any atom is 0.230 e. The summed E-state index contributed by atoms with van der Waals surface area (Å²) in [6.07, 6.45) is 5.90. The number of fused-ring (bicyclic) bond motifs is 3. The molecule has 0 aliphatic heterocycles. The third-order valence-electron chi connectivity index (χ3n) is 5.06. The second-order valence-electron chi connectivity index (χ2n) is 7.47. The van der Waals surface area contributed by atoms with E-state index in [1.165, 1.54) is 31.0 Å². The molecule has 0 spiro atoms. The van der Waals surface area contributed by atoms with E-state index >= 15 is 0 Å². The molecule has 1 N–H and O–H groups in total. The lowest BCUT2D eigenvalue weighted by molar-refractivity contribution is -0.119. The smallest absolute Gasteiger partial charge is 0.230 e. The van der Waals surface area contributed by atoms with Gasteiger partial charge < -0.3 is 5.32 Å². The van der Waals surface area contributed by atoms with Crippen LogP contribution in [0, 0.1) is 0 Å². The summed E-state index contributed by atoms with van der Waals surface area (Å²) in [6, 6.07) is 8.32. The van der Waals surface area contributed by atoms with Gasteiger partial charge in [-0.2, -0.15) is 0 Å². The zero-order chi connectivity index (χ0) is 18.8. The Morgan fingerprint density at radius 1 is 1.22 bits per heavy atom. The molecule has 0 saturated heterocycles. The van der Waals surface area contributed by atoms with Crippen LogP contribution in [0.25, 0.3) is 16.6 Å². The quantitative estimate of drug-likeness (QED) is 0.676. The molecule has 3 aromatic rings. The van der Waals surface area contributed by atoms with Gasteiger partial charge in [0.1, 0.15) is 5.82 Å². The van der Waals surface area contributed by atoms with Crippen LogP contribution in [0.15, 0.2) is 29.4 Å². The lowest BCUT2D eigenvalue weighted by Gasteiger charge is -2.22. The number of benzene rings is 1. The van der Waals surface area contributed by atoms with Crippen LogP contribution in [0.4, 0.5) is 0 Å². The first-order chi connectivity index (χ1) is 13.1. The molecule has 0 bridgehead atoms. The number of nitrogens with one attached hydrogen (secondary N) is 1. The summed E-state index contributed by atoms with van der Waals surface area (Å²) in [5.41, 5.74) is 1.73. The van der Waals surface area contributed by atoms with Crippen molar-refractivity contribution in [3.8, 4) is 0 Å². The lowest BCUT2D eigenvalue weighted by Crippen LogP contribution is -2.37. The highest BCUT2D eigenvalue weighted by molar-refractivity contribution is 7.99. The van der Waals surface area contributed by atoms with Crippen molar-refractivity contribution >= 4 is 34.2 Å². The van der Waals surface area contributed by atoms with Crippen molar-refractivity contribution in [3.63, 3.8) is 0 Å². The normalized spacial score (nSPS) is 15.7. The number of nitrogens with zero attached hydrogens (tertiary/aromatic N) is 4.